The van der Waals surface area contributed by atoms with Gasteiger partial charge in [-0.2, -0.15) is 0 Å². The number of rotatable bonds is 6. The van der Waals surface area contributed by atoms with Gasteiger partial charge in [0.05, 0.1) is 6.61 Å². The van der Waals surface area contributed by atoms with Gasteiger partial charge in [-0.3, -0.25) is 4.99 Å². The molecule has 1 rings (SSSR count). The first-order valence-electron chi connectivity index (χ1n) is 6.47. The molecule has 0 heterocycles. The number of benzene rings is 1. The van der Waals surface area contributed by atoms with E-state index in [2.05, 4.69) is 15.6 Å². The predicted octanol–water partition coefficient (Wildman–Crippen LogP) is 2.33. The zero-order valence-electron chi connectivity index (χ0n) is 12.5. The highest BCUT2D eigenvalue weighted by molar-refractivity contribution is 14.0. The van der Waals surface area contributed by atoms with Crippen LogP contribution in [0.5, 0.6) is 0 Å². The molecule has 0 aliphatic carbocycles. The zero-order valence-corrected chi connectivity index (χ0v) is 14.8. The van der Waals surface area contributed by atoms with E-state index in [0.29, 0.717) is 31.1 Å². The van der Waals surface area contributed by atoms with Gasteiger partial charge in [0.2, 0.25) is 0 Å². The van der Waals surface area contributed by atoms with Gasteiger partial charge in [-0.1, -0.05) is 0 Å². The molecule has 1 unspecified atom stereocenters. The van der Waals surface area contributed by atoms with Crippen LogP contribution >= 0.6 is 24.0 Å². The molecule has 0 fully saturated rings. The maximum absolute atomic E-state index is 13.4. The van der Waals surface area contributed by atoms with Crippen LogP contribution in [0.1, 0.15) is 12.5 Å². The second kappa shape index (κ2) is 10.7. The molecule has 0 spiro atoms. The summed E-state index contributed by atoms with van der Waals surface area (Å²) in [6, 6.07) is 3.57. The SMILES string of the molecule is CN=C(NCCc1cc(F)ccc1F)NC(C)COC.I. The lowest BCUT2D eigenvalue weighted by Crippen LogP contribution is -2.44. The van der Waals surface area contributed by atoms with Gasteiger partial charge >= 0.3 is 0 Å². The van der Waals surface area contributed by atoms with Gasteiger partial charge in [-0.15, -0.1) is 24.0 Å². The second-order valence-electron chi connectivity index (χ2n) is 4.49. The Kier molecular flexibility index (Phi) is 10.2. The molecule has 4 nitrogen and oxygen atoms in total. The van der Waals surface area contributed by atoms with E-state index < -0.39 is 11.6 Å². The first-order valence-corrected chi connectivity index (χ1v) is 6.47. The molecular weight excluding hydrogens is 391 g/mol. The number of ether oxygens (including phenoxy) is 1. The van der Waals surface area contributed by atoms with Crippen molar-refractivity contribution in [3.05, 3.63) is 35.4 Å². The van der Waals surface area contributed by atoms with E-state index in [0.717, 1.165) is 12.1 Å². The third-order valence-electron chi connectivity index (χ3n) is 2.72. The van der Waals surface area contributed by atoms with Crippen LogP contribution in [0.15, 0.2) is 23.2 Å². The largest absolute Gasteiger partial charge is 0.383 e. The van der Waals surface area contributed by atoms with Crippen LogP contribution in [0.2, 0.25) is 0 Å². The molecule has 21 heavy (non-hydrogen) atoms. The highest BCUT2D eigenvalue weighted by Gasteiger charge is 2.06. The highest BCUT2D eigenvalue weighted by Crippen LogP contribution is 2.09. The number of nitrogens with zero attached hydrogens (tertiary/aromatic N) is 1. The van der Waals surface area contributed by atoms with Crippen LogP contribution in [0.25, 0.3) is 0 Å². The fraction of sp³-hybridized carbons (Fsp3) is 0.500. The quantitative estimate of drug-likeness (QED) is 0.428. The summed E-state index contributed by atoms with van der Waals surface area (Å²) in [6.07, 6.45) is 0.378. The van der Waals surface area contributed by atoms with Crippen molar-refractivity contribution < 1.29 is 13.5 Å². The molecule has 0 saturated heterocycles. The van der Waals surface area contributed by atoms with Gasteiger partial charge in [0.25, 0.3) is 0 Å². The number of halogens is 3. The van der Waals surface area contributed by atoms with Crippen LogP contribution < -0.4 is 10.6 Å². The van der Waals surface area contributed by atoms with E-state index in [1.165, 1.54) is 6.07 Å². The second-order valence-corrected chi connectivity index (χ2v) is 4.49. The lowest BCUT2D eigenvalue weighted by molar-refractivity contribution is 0.179. The molecule has 7 heteroatoms. The Labute approximate surface area is 141 Å². The fourth-order valence-corrected chi connectivity index (χ4v) is 1.77. The smallest absolute Gasteiger partial charge is 0.191 e. The highest BCUT2D eigenvalue weighted by atomic mass is 127. The standard InChI is InChI=1S/C14H21F2N3O.HI/c1-10(9-20-3)19-14(17-2)18-7-6-11-8-12(15)4-5-13(11)16;/h4-5,8,10H,6-7,9H2,1-3H3,(H2,17,18,19);1H. The van der Waals surface area contributed by atoms with E-state index >= 15 is 0 Å². The topological polar surface area (TPSA) is 45.7 Å². The number of nitrogens with one attached hydrogen (secondary N) is 2. The van der Waals surface area contributed by atoms with Crippen molar-refractivity contribution in [1.82, 2.24) is 10.6 Å². The summed E-state index contributed by atoms with van der Waals surface area (Å²) in [5.74, 6) is -0.229. The molecule has 1 aromatic carbocycles. The van der Waals surface area contributed by atoms with Crippen molar-refractivity contribution in [2.75, 3.05) is 27.3 Å². The van der Waals surface area contributed by atoms with E-state index in [-0.39, 0.29) is 30.0 Å². The first-order chi connectivity index (χ1) is 9.56. The van der Waals surface area contributed by atoms with Crippen molar-refractivity contribution in [3.8, 4) is 0 Å². The average Bonchev–Trinajstić information content (AvgIpc) is 2.41. The summed E-state index contributed by atoms with van der Waals surface area (Å²) < 4.78 is 31.5. The number of methoxy groups -OCH3 is 1. The molecule has 1 aromatic rings. The van der Waals surface area contributed by atoms with Crippen molar-refractivity contribution in [3.63, 3.8) is 0 Å². The zero-order chi connectivity index (χ0) is 15.0. The van der Waals surface area contributed by atoms with Crippen molar-refractivity contribution >= 4 is 29.9 Å². The van der Waals surface area contributed by atoms with Gasteiger partial charge in [0.15, 0.2) is 5.96 Å². The Morgan fingerprint density at radius 1 is 1.38 bits per heavy atom. The molecule has 0 radical (unpaired) electrons. The number of hydrogen-bond donors (Lipinski definition) is 2. The van der Waals surface area contributed by atoms with Gasteiger partial charge in [0.1, 0.15) is 11.6 Å². The molecule has 0 aliphatic rings. The lowest BCUT2D eigenvalue weighted by atomic mass is 10.1. The minimum absolute atomic E-state index is 0. The molecule has 1 atom stereocenters. The van der Waals surface area contributed by atoms with Crippen LogP contribution in [0, 0.1) is 11.6 Å². The molecule has 0 amide bonds. The summed E-state index contributed by atoms with van der Waals surface area (Å²) in [5.41, 5.74) is 0.345. The fourth-order valence-electron chi connectivity index (χ4n) is 1.77. The maximum Gasteiger partial charge on any atom is 0.191 e. The summed E-state index contributed by atoms with van der Waals surface area (Å²) in [7, 11) is 3.28. The van der Waals surface area contributed by atoms with E-state index in [4.69, 9.17) is 4.74 Å². The minimum atomic E-state index is -0.433. The third kappa shape index (κ3) is 7.56. The third-order valence-corrected chi connectivity index (χ3v) is 2.72. The Balaban J connectivity index is 0.00000400. The molecule has 0 aliphatic heterocycles. The summed E-state index contributed by atoms with van der Waals surface area (Å²) in [5, 5.41) is 6.17. The lowest BCUT2D eigenvalue weighted by Gasteiger charge is -2.17. The minimum Gasteiger partial charge on any atom is -0.383 e. The van der Waals surface area contributed by atoms with E-state index in [9.17, 15) is 8.78 Å². The molecule has 120 valence electrons. The Morgan fingerprint density at radius 3 is 2.71 bits per heavy atom. The monoisotopic (exact) mass is 413 g/mol. The van der Waals surface area contributed by atoms with Crippen molar-refractivity contribution in [2.45, 2.75) is 19.4 Å². The molecule has 2 N–H and O–H groups in total. The van der Waals surface area contributed by atoms with Gasteiger partial charge in [-0.05, 0) is 37.1 Å². The van der Waals surface area contributed by atoms with Crippen molar-refractivity contribution in [2.24, 2.45) is 4.99 Å². The summed E-state index contributed by atoms with van der Waals surface area (Å²) in [6.45, 7) is 2.97. The summed E-state index contributed by atoms with van der Waals surface area (Å²) >= 11 is 0. The van der Waals surface area contributed by atoms with Crippen LogP contribution in [-0.2, 0) is 11.2 Å². The summed E-state index contributed by atoms with van der Waals surface area (Å²) in [4.78, 5) is 4.05. The number of hydrogen-bond acceptors (Lipinski definition) is 2. The maximum atomic E-state index is 13.4. The molecular formula is C14H22F2IN3O. The Bertz CT molecular complexity index is 458. The predicted molar refractivity (Wildman–Crippen MR) is 91.3 cm³/mol. The molecule has 0 aromatic heterocycles. The van der Waals surface area contributed by atoms with E-state index in [1.807, 2.05) is 6.92 Å². The van der Waals surface area contributed by atoms with Crippen LogP contribution in [-0.4, -0.2) is 39.3 Å². The van der Waals surface area contributed by atoms with Crippen molar-refractivity contribution in [1.29, 1.82) is 0 Å². The Hall–Kier alpha value is -0.960. The van der Waals surface area contributed by atoms with Crippen LogP contribution in [0.3, 0.4) is 0 Å². The van der Waals surface area contributed by atoms with Crippen LogP contribution in [0.4, 0.5) is 8.78 Å². The number of guanidine groups is 1. The average molecular weight is 413 g/mol. The Morgan fingerprint density at radius 2 is 2.10 bits per heavy atom. The first kappa shape index (κ1) is 20.0. The normalized spacial score (nSPS) is 12.5. The number of aliphatic imine (C=N–C) groups is 1. The van der Waals surface area contributed by atoms with Gasteiger partial charge in [0, 0.05) is 26.7 Å². The molecule has 0 saturated carbocycles. The van der Waals surface area contributed by atoms with Gasteiger partial charge in [-0.25, -0.2) is 8.78 Å². The van der Waals surface area contributed by atoms with Gasteiger partial charge < -0.3 is 15.4 Å². The van der Waals surface area contributed by atoms with E-state index in [1.54, 1.807) is 14.2 Å². The molecule has 0 bridgehead atoms.